The zero-order valence-electron chi connectivity index (χ0n) is 16.3. The summed E-state index contributed by atoms with van der Waals surface area (Å²) < 4.78 is 20.5. The molecule has 0 radical (unpaired) electrons. The molecule has 0 aromatic heterocycles. The molecule has 1 N–H and O–H groups in total. The van der Waals surface area contributed by atoms with Crippen LogP contribution < -0.4 is 19.5 Å². The van der Waals surface area contributed by atoms with E-state index in [2.05, 4.69) is 5.32 Å². The van der Waals surface area contributed by atoms with Gasteiger partial charge in [-0.3, -0.25) is 9.59 Å². The smallest absolute Gasteiger partial charge is 0.306 e. The van der Waals surface area contributed by atoms with Crippen molar-refractivity contribution in [3.63, 3.8) is 0 Å². The van der Waals surface area contributed by atoms with Crippen molar-refractivity contribution in [1.82, 2.24) is 5.32 Å². The molecule has 0 unspecified atom stereocenters. The van der Waals surface area contributed by atoms with E-state index in [1.54, 1.807) is 27.4 Å². The van der Waals surface area contributed by atoms with Crippen LogP contribution in [0.3, 0.4) is 0 Å². The van der Waals surface area contributed by atoms with E-state index in [-0.39, 0.29) is 18.9 Å². The molecule has 0 aliphatic heterocycles. The van der Waals surface area contributed by atoms with E-state index in [0.29, 0.717) is 24.5 Å². The molecular weight excluding hydrogens is 362 g/mol. The first-order chi connectivity index (χ1) is 13.5. The van der Waals surface area contributed by atoms with Crippen molar-refractivity contribution in [2.24, 2.45) is 0 Å². The fraction of sp³-hybridized carbons (Fsp3) is 0.333. The Bertz CT molecular complexity index is 766. The van der Waals surface area contributed by atoms with Gasteiger partial charge in [0.15, 0.2) is 6.61 Å². The lowest BCUT2D eigenvalue weighted by atomic mass is 10.1. The van der Waals surface area contributed by atoms with Crippen LogP contribution in [0.5, 0.6) is 17.2 Å². The van der Waals surface area contributed by atoms with Crippen molar-refractivity contribution < 1.29 is 28.5 Å². The summed E-state index contributed by atoms with van der Waals surface area (Å²) in [7, 11) is 4.73. The standard InChI is InChI=1S/C21H25NO6/c1-25-17-7-4-15(5-8-17)13-22-20(23)14-28-21(24)9-6-16-10-18(26-2)12-19(11-16)27-3/h4-5,7-8,10-12H,6,9,13-14H2,1-3H3,(H,22,23). The number of hydrogen-bond acceptors (Lipinski definition) is 6. The van der Waals surface area contributed by atoms with Crippen molar-refractivity contribution >= 4 is 11.9 Å². The summed E-state index contributed by atoms with van der Waals surface area (Å²) in [5.74, 6) is 1.26. The van der Waals surface area contributed by atoms with Crippen LogP contribution in [-0.4, -0.2) is 39.8 Å². The van der Waals surface area contributed by atoms with Crippen molar-refractivity contribution in [2.45, 2.75) is 19.4 Å². The van der Waals surface area contributed by atoms with Gasteiger partial charge in [-0.25, -0.2) is 0 Å². The highest BCUT2D eigenvalue weighted by molar-refractivity contribution is 5.80. The predicted molar refractivity (Wildman–Crippen MR) is 104 cm³/mol. The molecule has 0 saturated heterocycles. The second-order valence-corrected chi connectivity index (χ2v) is 6.01. The van der Waals surface area contributed by atoms with Gasteiger partial charge < -0.3 is 24.3 Å². The summed E-state index contributed by atoms with van der Waals surface area (Å²) in [4.78, 5) is 23.7. The minimum absolute atomic E-state index is 0.155. The largest absolute Gasteiger partial charge is 0.497 e. The van der Waals surface area contributed by atoms with Gasteiger partial charge in [0.1, 0.15) is 17.2 Å². The zero-order chi connectivity index (χ0) is 20.4. The Morgan fingerprint density at radius 2 is 1.43 bits per heavy atom. The summed E-state index contributed by atoms with van der Waals surface area (Å²) in [6.45, 7) is 0.0421. The number of ether oxygens (including phenoxy) is 4. The molecule has 0 fully saturated rings. The third-order valence-corrected chi connectivity index (χ3v) is 4.04. The summed E-state index contributed by atoms with van der Waals surface area (Å²) in [6.07, 6.45) is 0.613. The van der Waals surface area contributed by atoms with Crippen LogP contribution in [0.4, 0.5) is 0 Å². The van der Waals surface area contributed by atoms with E-state index < -0.39 is 5.97 Å². The summed E-state index contributed by atoms with van der Waals surface area (Å²) >= 11 is 0. The van der Waals surface area contributed by atoms with Gasteiger partial charge in [-0.15, -0.1) is 0 Å². The maximum atomic E-state index is 11.9. The lowest BCUT2D eigenvalue weighted by molar-refractivity contribution is -0.148. The number of methoxy groups -OCH3 is 3. The molecular formula is C21H25NO6. The molecule has 0 aliphatic carbocycles. The molecule has 0 spiro atoms. The lowest BCUT2D eigenvalue weighted by Crippen LogP contribution is -2.28. The Morgan fingerprint density at radius 1 is 0.821 bits per heavy atom. The third kappa shape index (κ3) is 6.83. The maximum absolute atomic E-state index is 11.9. The molecule has 2 aromatic rings. The fourth-order valence-corrected chi connectivity index (χ4v) is 2.47. The maximum Gasteiger partial charge on any atom is 0.306 e. The highest BCUT2D eigenvalue weighted by atomic mass is 16.5. The number of benzene rings is 2. The van der Waals surface area contributed by atoms with Crippen LogP contribution in [0, 0.1) is 0 Å². The Hall–Kier alpha value is -3.22. The Balaban J connectivity index is 1.72. The van der Waals surface area contributed by atoms with Gasteiger partial charge in [0.25, 0.3) is 5.91 Å². The Kier molecular flexibility index (Phi) is 8.14. The average molecular weight is 387 g/mol. The molecule has 150 valence electrons. The van der Waals surface area contributed by atoms with Crippen LogP contribution >= 0.6 is 0 Å². The normalized spacial score (nSPS) is 10.1. The van der Waals surface area contributed by atoms with Gasteiger partial charge in [-0.05, 0) is 41.8 Å². The van der Waals surface area contributed by atoms with Crippen molar-refractivity contribution in [3.8, 4) is 17.2 Å². The average Bonchev–Trinajstić information content (AvgIpc) is 2.74. The first kappa shape index (κ1) is 21.1. The molecule has 2 rings (SSSR count). The number of hydrogen-bond donors (Lipinski definition) is 1. The van der Waals surface area contributed by atoms with Crippen LogP contribution in [0.1, 0.15) is 17.5 Å². The van der Waals surface area contributed by atoms with Crippen LogP contribution in [0.15, 0.2) is 42.5 Å². The molecule has 0 bridgehead atoms. The molecule has 0 aliphatic rings. The minimum Gasteiger partial charge on any atom is -0.497 e. The van der Waals surface area contributed by atoms with Gasteiger partial charge in [-0.2, -0.15) is 0 Å². The van der Waals surface area contributed by atoms with Gasteiger partial charge in [0, 0.05) is 19.0 Å². The number of amides is 1. The molecule has 0 heterocycles. The van der Waals surface area contributed by atoms with Gasteiger partial charge in [0.05, 0.1) is 21.3 Å². The van der Waals surface area contributed by atoms with E-state index in [1.807, 2.05) is 36.4 Å². The second kappa shape index (κ2) is 10.8. The summed E-state index contributed by atoms with van der Waals surface area (Å²) in [5.41, 5.74) is 1.81. The van der Waals surface area contributed by atoms with Gasteiger partial charge in [-0.1, -0.05) is 12.1 Å². The molecule has 7 heteroatoms. The monoisotopic (exact) mass is 387 g/mol. The first-order valence-electron chi connectivity index (χ1n) is 8.81. The zero-order valence-corrected chi connectivity index (χ0v) is 16.3. The van der Waals surface area contributed by atoms with E-state index in [4.69, 9.17) is 18.9 Å². The topological polar surface area (TPSA) is 83.1 Å². The predicted octanol–water partition coefficient (Wildman–Crippen LogP) is 2.50. The molecule has 7 nitrogen and oxygen atoms in total. The molecule has 0 atom stereocenters. The number of nitrogens with one attached hydrogen (secondary N) is 1. The molecule has 0 saturated carbocycles. The summed E-state index contributed by atoms with van der Waals surface area (Å²) in [5, 5.41) is 2.71. The van der Waals surface area contributed by atoms with Gasteiger partial charge in [0.2, 0.25) is 0 Å². The molecule has 28 heavy (non-hydrogen) atoms. The third-order valence-electron chi connectivity index (χ3n) is 4.04. The van der Waals surface area contributed by atoms with E-state index >= 15 is 0 Å². The first-order valence-corrected chi connectivity index (χ1v) is 8.81. The van der Waals surface area contributed by atoms with Crippen LogP contribution in [0.25, 0.3) is 0 Å². The number of carbonyl (C=O) groups is 2. The summed E-state index contributed by atoms with van der Waals surface area (Å²) in [6, 6.07) is 12.8. The van der Waals surface area contributed by atoms with E-state index in [0.717, 1.165) is 16.9 Å². The molecule has 1 amide bonds. The van der Waals surface area contributed by atoms with Crippen molar-refractivity contribution in [1.29, 1.82) is 0 Å². The Labute approximate surface area is 164 Å². The lowest BCUT2D eigenvalue weighted by Gasteiger charge is -2.09. The van der Waals surface area contributed by atoms with Crippen LogP contribution in [0.2, 0.25) is 0 Å². The quantitative estimate of drug-likeness (QED) is 0.631. The highest BCUT2D eigenvalue weighted by Gasteiger charge is 2.09. The highest BCUT2D eigenvalue weighted by Crippen LogP contribution is 2.23. The van der Waals surface area contributed by atoms with Crippen LogP contribution in [-0.2, 0) is 27.3 Å². The minimum atomic E-state index is -0.443. The molecule has 2 aromatic carbocycles. The second-order valence-electron chi connectivity index (χ2n) is 6.01. The SMILES string of the molecule is COc1ccc(CNC(=O)COC(=O)CCc2cc(OC)cc(OC)c2)cc1. The van der Waals surface area contributed by atoms with Gasteiger partial charge >= 0.3 is 5.97 Å². The fourth-order valence-electron chi connectivity index (χ4n) is 2.47. The Morgan fingerprint density at radius 3 is 2.00 bits per heavy atom. The van der Waals surface area contributed by atoms with E-state index in [9.17, 15) is 9.59 Å². The van der Waals surface area contributed by atoms with E-state index in [1.165, 1.54) is 0 Å². The van der Waals surface area contributed by atoms with Crippen molar-refractivity contribution in [3.05, 3.63) is 53.6 Å². The number of esters is 1. The van der Waals surface area contributed by atoms with Crippen molar-refractivity contribution in [2.75, 3.05) is 27.9 Å². The number of aryl methyl sites for hydroxylation is 1. The number of carbonyl (C=O) groups excluding carboxylic acids is 2. The number of rotatable bonds is 10.